The van der Waals surface area contributed by atoms with Crippen LogP contribution in [0.15, 0.2) is 12.1 Å². The van der Waals surface area contributed by atoms with Crippen molar-refractivity contribution in [2.24, 2.45) is 0 Å². The number of hydrogen-bond donors (Lipinski definition) is 1. The fourth-order valence-corrected chi connectivity index (χ4v) is 2.09. The van der Waals surface area contributed by atoms with Crippen LogP contribution in [0.1, 0.15) is 28.8 Å². The lowest BCUT2D eigenvalue weighted by Crippen LogP contribution is -2.34. The summed E-state index contributed by atoms with van der Waals surface area (Å²) in [5.74, 6) is 1.49. The maximum atomic E-state index is 11.8. The summed E-state index contributed by atoms with van der Waals surface area (Å²) in [4.78, 5) is 11.8. The van der Waals surface area contributed by atoms with Crippen molar-refractivity contribution >= 4 is 5.91 Å². The molecule has 1 N–H and O–H groups in total. The Balaban J connectivity index is 2.67. The Morgan fingerprint density at radius 1 is 1.25 bits per heavy atom. The molecular formula is C12H15NO3. The van der Waals surface area contributed by atoms with Gasteiger partial charge in [-0.05, 0) is 12.1 Å². The molecule has 4 heteroatoms. The maximum absolute atomic E-state index is 11.8. The fraction of sp³-hybridized carbons (Fsp3) is 0.417. The second-order valence-corrected chi connectivity index (χ2v) is 3.87. The normalized spacial score (nSPS) is 18.7. The van der Waals surface area contributed by atoms with Crippen LogP contribution in [0, 0.1) is 0 Å². The number of carbonyl (C=O) groups excluding carboxylic acids is 1. The molecule has 0 saturated carbocycles. The number of carbonyl (C=O) groups is 1. The van der Waals surface area contributed by atoms with E-state index in [0.717, 1.165) is 11.3 Å². The van der Waals surface area contributed by atoms with E-state index in [-0.39, 0.29) is 11.8 Å². The highest BCUT2D eigenvalue weighted by molar-refractivity contribution is 6.00. The van der Waals surface area contributed by atoms with Gasteiger partial charge in [0.15, 0.2) is 0 Å². The Labute approximate surface area is 94.6 Å². The highest BCUT2D eigenvalue weighted by Gasteiger charge is 2.29. The van der Waals surface area contributed by atoms with Gasteiger partial charge in [-0.25, -0.2) is 0 Å². The Morgan fingerprint density at radius 3 is 2.50 bits per heavy atom. The molecule has 0 saturated heterocycles. The molecule has 1 aliphatic rings. The molecule has 1 aliphatic heterocycles. The molecule has 1 amide bonds. The third kappa shape index (κ3) is 1.50. The van der Waals surface area contributed by atoms with Gasteiger partial charge in [-0.15, -0.1) is 0 Å². The van der Waals surface area contributed by atoms with Crippen molar-refractivity contribution in [1.29, 1.82) is 0 Å². The van der Waals surface area contributed by atoms with Gasteiger partial charge in [0.25, 0.3) is 5.91 Å². The number of methoxy groups -OCH3 is 2. The minimum absolute atomic E-state index is 0.0937. The number of rotatable bonds is 2. The van der Waals surface area contributed by atoms with E-state index in [0.29, 0.717) is 17.9 Å². The van der Waals surface area contributed by atoms with E-state index in [1.807, 2.05) is 6.07 Å². The smallest absolute Gasteiger partial charge is 0.255 e. The van der Waals surface area contributed by atoms with Crippen LogP contribution in [0.5, 0.6) is 11.5 Å². The van der Waals surface area contributed by atoms with Crippen LogP contribution in [-0.2, 0) is 0 Å². The van der Waals surface area contributed by atoms with Gasteiger partial charge >= 0.3 is 0 Å². The highest BCUT2D eigenvalue weighted by atomic mass is 16.5. The van der Waals surface area contributed by atoms with Gasteiger partial charge < -0.3 is 14.8 Å². The van der Waals surface area contributed by atoms with E-state index < -0.39 is 0 Å². The molecule has 1 aromatic carbocycles. The molecule has 1 heterocycles. The molecule has 2 rings (SSSR count). The molecule has 86 valence electrons. The number of benzene rings is 1. The van der Waals surface area contributed by atoms with Crippen molar-refractivity contribution < 1.29 is 14.3 Å². The summed E-state index contributed by atoms with van der Waals surface area (Å²) in [5.41, 5.74) is 1.53. The molecule has 0 radical (unpaired) electrons. The summed E-state index contributed by atoms with van der Waals surface area (Å²) in [6.07, 6.45) is 0. The van der Waals surface area contributed by atoms with Crippen molar-refractivity contribution in [2.75, 3.05) is 20.8 Å². The quantitative estimate of drug-likeness (QED) is 0.824. The third-order valence-electron chi connectivity index (χ3n) is 2.90. The zero-order valence-corrected chi connectivity index (χ0v) is 9.66. The highest BCUT2D eigenvalue weighted by Crippen LogP contribution is 2.37. The SMILES string of the molecule is COc1ccc(OC)c2c1C(=O)NCC2C. The van der Waals surface area contributed by atoms with Crippen molar-refractivity contribution in [3.8, 4) is 11.5 Å². The first-order valence-electron chi connectivity index (χ1n) is 5.22. The van der Waals surface area contributed by atoms with Gasteiger partial charge in [0.2, 0.25) is 0 Å². The Morgan fingerprint density at radius 2 is 1.88 bits per heavy atom. The molecule has 0 spiro atoms. The summed E-state index contributed by atoms with van der Waals surface area (Å²) in [5, 5.41) is 2.84. The standard InChI is InChI=1S/C12H15NO3/c1-7-6-13-12(14)11-9(16-3)5-4-8(15-2)10(7)11/h4-5,7H,6H2,1-3H3,(H,13,14). The van der Waals surface area contributed by atoms with Crippen molar-refractivity contribution in [1.82, 2.24) is 5.32 Å². The fourth-order valence-electron chi connectivity index (χ4n) is 2.09. The minimum Gasteiger partial charge on any atom is -0.496 e. The second-order valence-electron chi connectivity index (χ2n) is 3.87. The molecule has 1 aromatic rings. The third-order valence-corrected chi connectivity index (χ3v) is 2.90. The van der Waals surface area contributed by atoms with Crippen molar-refractivity contribution in [3.05, 3.63) is 23.3 Å². The zero-order chi connectivity index (χ0) is 11.7. The van der Waals surface area contributed by atoms with E-state index in [4.69, 9.17) is 9.47 Å². The average molecular weight is 221 g/mol. The summed E-state index contributed by atoms with van der Waals surface area (Å²) in [6.45, 7) is 2.69. The van der Waals surface area contributed by atoms with Crippen LogP contribution >= 0.6 is 0 Å². The van der Waals surface area contributed by atoms with Crippen LogP contribution in [0.25, 0.3) is 0 Å². The van der Waals surface area contributed by atoms with Gasteiger partial charge in [0.1, 0.15) is 11.5 Å². The molecule has 16 heavy (non-hydrogen) atoms. The first-order valence-corrected chi connectivity index (χ1v) is 5.22. The van der Waals surface area contributed by atoms with Crippen LogP contribution in [-0.4, -0.2) is 26.7 Å². The first-order chi connectivity index (χ1) is 7.69. The van der Waals surface area contributed by atoms with Gasteiger partial charge in [-0.3, -0.25) is 4.79 Å². The molecule has 0 aromatic heterocycles. The molecule has 0 bridgehead atoms. The molecule has 1 unspecified atom stereocenters. The molecule has 4 nitrogen and oxygen atoms in total. The second kappa shape index (κ2) is 4.04. The predicted molar refractivity (Wildman–Crippen MR) is 60.3 cm³/mol. The molecule has 0 fully saturated rings. The maximum Gasteiger partial charge on any atom is 0.255 e. The number of ether oxygens (including phenoxy) is 2. The molecule has 0 aliphatic carbocycles. The van der Waals surface area contributed by atoms with Crippen molar-refractivity contribution in [3.63, 3.8) is 0 Å². The van der Waals surface area contributed by atoms with E-state index in [1.54, 1.807) is 20.3 Å². The molecular weight excluding hydrogens is 206 g/mol. The van der Waals surface area contributed by atoms with E-state index >= 15 is 0 Å². The van der Waals surface area contributed by atoms with Gasteiger partial charge in [-0.1, -0.05) is 6.92 Å². The number of amides is 1. The largest absolute Gasteiger partial charge is 0.496 e. The van der Waals surface area contributed by atoms with E-state index in [9.17, 15) is 4.79 Å². The number of nitrogens with one attached hydrogen (secondary N) is 1. The number of hydrogen-bond acceptors (Lipinski definition) is 3. The van der Waals surface area contributed by atoms with E-state index in [1.165, 1.54) is 0 Å². The summed E-state index contributed by atoms with van der Waals surface area (Å²) < 4.78 is 10.5. The lowest BCUT2D eigenvalue weighted by atomic mass is 9.90. The lowest BCUT2D eigenvalue weighted by Gasteiger charge is -2.26. The van der Waals surface area contributed by atoms with Crippen LogP contribution in [0.3, 0.4) is 0 Å². The Bertz CT molecular complexity index is 429. The van der Waals surface area contributed by atoms with E-state index in [2.05, 4.69) is 12.2 Å². The Kier molecular flexibility index (Phi) is 2.73. The van der Waals surface area contributed by atoms with Crippen LogP contribution in [0.2, 0.25) is 0 Å². The van der Waals surface area contributed by atoms with Gasteiger partial charge in [0.05, 0.1) is 19.8 Å². The van der Waals surface area contributed by atoms with Crippen molar-refractivity contribution in [2.45, 2.75) is 12.8 Å². The monoisotopic (exact) mass is 221 g/mol. The summed E-state index contributed by atoms with van der Waals surface area (Å²) >= 11 is 0. The number of fused-ring (bicyclic) bond motifs is 1. The minimum atomic E-state index is -0.0937. The molecule has 1 atom stereocenters. The first kappa shape index (κ1) is 10.8. The van der Waals surface area contributed by atoms with Gasteiger partial charge in [0, 0.05) is 18.0 Å². The van der Waals surface area contributed by atoms with Gasteiger partial charge in [-0.2, -0.15) is 0 Å². The lowest BCUT2D eigenvalue weighted by molar-refractivity contribution is 0.0936. The zero-order valence-electron chi connectivity index (χ0n) is 9.66. The average Bonchev–Trinajstić information content (AvgIpc) is 2.32. The summed E-state index contributed by atoms with van der Waals surface area (Å²) in [6, 6.07) is 3.60. The van der Waals surface area contributed by atoms with Crippen LogP contribution < -0.4 is 14.8 Å². The predicted octanol–water partition coefficient (Wildman–Crippen LogP) is 1.55. The summed E-state index contributed by atoms with van der Waals surface area (Å²) in [7, 11) is 3.18. The Hall–Kier alpha value is -1.71. The van der Waals surface area contributed by atoms with Crippen LogP contribution in [0.4, 0.5) is 0 Å². The topological polar surface area (TPSA) is 47.6 Å².